The van der Waals surface area contributed by atoms with Crippen molar-refractivity contribution in [2.24, 2.45) is 11.3 Å². The zero-order valence-electron chi connectivity index (χ0n) is 19.3. The number of hydrogen-bond acceptors (Lipinski definition) is 7. The number of ether oxygens (including phenoxy) is 1. The van der Waals surface area contributed by atoms with Gasteiger partial charge in [0.2, 0.25) is 5.91 Å². The molecule has 174 valence electrons. The van der Waals surface area contributed by atoms with Gasteiger partial charge in [-0.2, -0.15) is 0 Å². The number of aromatic nitrogens is 4. The number of likely N-dealkylation sites (tertiary alicyclic amines) is 1. The summed E-state index contributed by atoms with van der Waals surface area (Å²) >= 11 is 0. The van der Waals surface area contributed by atoms with Crippen LogP contribution >= 0.6 is 0 Å². The Morgan fingerprint density at radius 1 is 1.24 bits per heavy atom. The molecule has 2 aliphatic carbocycles. The highest BCUT2D eigenvalue weighted by Gasteiger charge is 2.50. The first-order valence-corrected chi connectivity index (χ1v) is 12.0. The monoisotopic (exact) mass is 450 g/mol. The van der Waals surface area contributed by atoms with Crippen LogP contribution in [-0.2, 0) is 20.9 Å². The summed E-state index contributed by atoms with van der Waals surface area (Å²) in [5, 5.41) is 12.0. The molecule has 1 atom stereocenters. The van der Waals surface area contributed by atoms with Crippen LogP contribution in [0.15, 0.2) is 29.0 Å². The van der Waals surface area contributed by atoms with Gasteiger partial charge in [0.1, 0.15) is 6.61 Å². The summed E-state index contributed by atoms with van der Waals surface area (Å²) < 4.78 is 7.01. The highest BCUT2D eigenvalue weighted by Crippen LogP contribution is 2.47. The van der Waals surface area contributed by atoms with E-state index < -0.39 is 0 Å². The van der Waals surface area contributed by atoms with Gasteiger partial charge in [-0.05, 0) is 74.4 Å². The van der Waals surface area contributed by atoms with Crippen LogP contribution in [0.4, 0.5) is 0 Å². The van der Waals surface area contributed by atoms with Crippen molar-refractivity contribution in [3.8, 4) is 0 Å². The number of cyclic esters (lactones) is 1. The Morgan fingerprint density at radius 3 is 2.82 bits per heavy atom. The van der Waals surface area contributed by atoms with Crippen LogP contribution in [0.1, 0.15) is 51.3 Å². The van der Waals surface area contributed by atoms with Crippen LogP contribution in [0, 0.1) is 11.3 Å². The maximum absolute atomic E-state index is 13.4. The molecule has 9 heteroatoms. The average molecular weight is 451 g/mol. The van der Waals surface area contributed by atoms with Crippen molar-refractivity contribution in [1.82, 2.24) is 30.0 Å². The second-order valence-electron chi connectivity index (χ2n) is 10.3. The minimum atomic E-state index is -0.292. The zero-order chi connectivity index (χ0) is 22.7. The van der Waals surface area contributed by atoms with Crippen molar-refractivity contribution < 1.29 is 14.3 Å². The van der Waals surface area contributed by atoms with Crippen LogP contribution in [-0.4, -0.2) is 74.7 Å². The molecule has 1 amide bonds. The maximum atomic E-state index is 13.4. The van der Waals surface area contributed by atoms with Gasteiger partial charge in [-0.15, -0.1) is 5.10 Å². The van der Waals surface area contributed by atoms with Gasteiger partial charge in [0.15, 0.2) is 5.82 Å². The summed E-state index contributed by atoms with van der Waals surface area (Å²) in [5.41, 5.74) is 3.62. The Balaban J connectivity index is 1.06. The molecule has 1 spiro atoms. The second kappa shape index (κ2) is 7.62. The summed E-state index contributed by atoms with van der Waals surface area (Å²) in [5.74, 6) is 1.29. The molecule has 1 saturated heterocycles. The first-order valence-electron chi connectivity index (χ1n) is 12.0. The second-order valence-corrected chi connectivity index (χ2v) is 10.3. The van der Waals surface area contributed by atoms with Crippen LogP contribution in [0.5, 0.6) is 0 Å². The summed E-state index contributed by atoms with van der Waals surface area (Å²) in [4.78, 5) is 29.5. The fourth-order valence-electron chi connectivity index (χ4n) is 6.41. The Bertz CT molecular complexity index is 1110. The number of nitrogens with zero attached hydrogens (tertiary/aromatic N) is 6. The molecule has 9 nitrogen and oxygen atoms in total. The molecule has 0 aromatic carbocycles. The van der Waals surface area contributed by atoms with Crippen LogP contribution in [0.3, 0.4) is 0 Å². The zero-order valence-corrected chi connectivity index (χ0v) is 19.3. The van der Waals surface area contributed by atoms with Crippen molar-refractivity contribution >= 4 is 17.4 Å². The third kappa shape index (κ3) is 3.27. The van der Waals surface area contributed by atoms with Crippen LogP contribution in [0.2, 0.25) is 0 Å². The fourth-order valence-corrected chi connectivity index (χ4v) is 6.41. The van der Waals surface area contributed by atoms with Gasteiger partial charge in [0.05, 0.1) is 23.2 Å². The van der Waals surface area contributed by atoms with E-state index in [1.54, 1.807) is 6.92 Å². The third-order valence-electron chi connectivity index (χ3n) is 8.48. The summed E-state index contributed by atoms with van der Waals surface area (Å²) in [7, 11) is 2.23. The number of carbonyl (C=O) groups excluding carboxylic acids is 2. The van der Waals surface area contributed by atoms with E-state index in [1.165, 1.54) is 11.1 Å². The Hall–Kier alpha value is -2.81. The predicted molar refractivity (Wildman–Crippen MR) is 119 cm³/mol. The van der Waals surface area contributed by atoms with E-state index in [2.05, 4.69) is 39.6 Å². The third-order valence-corrected chi connectivity index (χ3v) is 8.48. The maximum Gasteiger partial charge on any atom is 0.336 e. The number of amides is 1. The van der Waals surface area contributed by atoms with Crippen LogP contribution in [0.25, 0.3) is 5.57 Å². The van der Waals surface area contributed by atoms with Crippen molar-refractivity contribution in [3.05, 3.63) is 34.8 Å². The molecular formula is C24H30N6O3. The smallest absolute Gasteiger partial charge is 0.336 e. The molecule has 1 aromatic rings. The quantitative estimate of drug-likeness (QED) is 0.647. The van der Waals surface area contributed by atoms with E-state index >= 15 is 0 Å². The van der Waals surface area contributed by atoms with E-state index in [4.69, 9.17) is 4.74 Å². The topological polar surface area (TPSA) is 93.5 Å². The molecule has 0 N–H and O–H groups in total. The molecular weight excluding hydrogens is 420 g/mol. The number of allylic oxidation sites excluding steroid dienone is 3. The molecule has 0 bridgehead atoms. The number of rotatable bonds is 4. The lowest BCUT2D eigenvalue weighted by Crippen LogP contribution is -2.44. The lowest BCUT2D eigenvalue weighted by Gasteiger charge is -2.40. The molecule has 2 fully saturated rings. The molecule has 6 rings (SSSR count). The van der Waals surface area contributed by atoms with E-state index in [-0.39, 0.29) is 23.9 Å². The largest absolute Gasteiger partial charge is 0.456 e. The van der Waals surface area contributed by atoms with Gasteiger partial charge in [-0.1, -0.05) is 12.2 Å². The first-order chi connectivity index (χ1) is 15.9. The lowest BCUT2D eigenvalue weighted by atomic mass is 9.71. The van der Waals surface area contributed by atoms with Gasteiger partial charge >= 0.3 is 5.97 Å². The summed E-state index contributed by atoms with van der Waals surface area (Å²) in [6, 6.07) is 0.503. The SMILES string of the molecule is CC1=C(N2CC[C@]3(CC[C@H](N(C)CC4C=C5Cn6nnnc6C5=CC4)CC3)C2=O)COC1=O. The van der Waals surface area contributed by atoms with Gasteiger partial charge in [-0.3, -0.25) is 4.79 Å². The summed E-state index contributed by atoms with van der Waals surface area (Å²) in [6.07, 6.45) is 10.5. The van der Waals surface area contributed by atoms with Gasteiger partial charge in [0.25, 0.3) is 0 Å². The molecule has 5 aliphatic rings. The van der Waals surface area contributed by atoms with Gasteiger partial charge < -0.3 is 14.5 Å². The molecule has 4 heterocycles. The number of hydrogen-bond donors (Lipinski definition) is 0. The number of esters is 1. The molecule has 1 unspecified atom stereocenters. The first kappa shape index (κ1) is 20.8. The fraction of sp³-hybridized carbons (Fsp3) is 0.625. The lowest BCUT2D eigenvalue weighted by molar-refractivity contribution is -0.138. The highest BCUT2D eigenvalue weighted by molar-refractivity contribution is 5.94. The standard InChI is InChI=1S/C24H30N6O3/c1-15-20(14-33-22(15)31)29-10-9-24(23(29)32)7-5-18(6-8-24)28(2)12-16-3-4-19-17(11-16)13-30-21(19)25-26-27-30/h4,11,16,18H,3,5-10,12-14H2,1-2H3/t16?,18-,24+. The van der Waals surface area contributed by atoms with Crippen molar-refractivity contribution in [1.29, 1.82) is 0 Å². The number of carbonyl (C=O) groups is 2. The number of tetrazole rings is 1. The van der Waals surface area contributed by atoms with E-state index in [0.29, 0.717) is 24.1 Å². The van der Waals surface area contributed by atoms with Crippen molar-refractivity contribution in [2.45, 2.75) is 58.0 Å². The van der Waals surface area contributed by atoms with E-state index in [9.17, 15) is 9.59 Å². The predicted octanol–water partition coefficient (Wildman–Crippen LogP) is 1.94. The molecule has 33 heavy (non-hydrogen) atoms. The molecule has 1 saturated carbocycles. The number of fused-ring (bicyclic) bond motifs is 3. The van der Waals surface area contributed by atoms with E-state index in [0.717, 1.165) is 63.1 Å². The normalized spacial score (nSPS) is 31.3. The van der Waals surface area contributed by atoms with Gasteiger partial charge in [0, 0.05) is 24.7 Å². The molecule has 3 aliphatic heterocycles. The minimum Gasteiger partial charge on any atom is -0.456 e. The minimum absolute atomic E-state index is 0.202. The van der Waals surface area contributed by atoms with Gasteiger partial charge in [-0.25, -0.2) is 9.48 Å². The Morgan fingerprint density at radius 2 is 2.06 bits per heavy atom. The Labute approximate surface area is 193 Å². The average Bonchev–Trinajstić information content (AvgIpc) is 3.55. The Kier molecular flexibility index (Phi) is 4.79. The van der Waals surface area contributed by atoms with Crippen molar-refractivity contribution in [2.75, 3.05) is 26.7 Å². The highest BCUT2D eigenvalue weighted by atomic mass is 16.5. The van der Waals surface area contributed by atoms with E-state index in [1.807, 2.05) is 9.58 Å². The molecule has 0 radical (unpaired) electrons. The van der Waals surface area contributed by atoms with Crippen molar-refractivity contribution in [3.63, 3.8) is 0 Å². The molecule has 1 aromatic heterocycles. The summed E-state index contributed by atoms with van der Waals surface area (Å²) in [6.45, 7) is 4.49. The van der Waals surface area contributed by atoms with Crippen LogP contribution < -0.4 is 0 Å².